The molecule has 0 aromatic carbocycles. The Labute approximate surface area is 127 Å². The molecule has 0 fully saturated rings. The lowest BCUT2D eigenvalue weighted by Crippen LogP contribution is -2.02. The van der Waals surface area contributed by atoms with E-state index in [0.29, 0.717) is 18.6 Å². The van der Waals surface area contributed by atoms with E-state index in [-0.39, 0.29) is 5.92 Å². The van der Waals surface area contributed by atoms with E-state index in [9.17, 15) is 0 Å². The van der Waals surface area contributed by atoms with Crippen LogP contribution < -0.4 is 0 Å². The van der Waals surface area contributed by atoms with Gasteiger partial charge in [-0.2, -0.15) is 10.5 Å². The van der Waals surface area contributed by atoms with Gasteiger partial charge in [0, 0.05) is 19.2 Å². The first-order valence-electron chi connectivity index (χ1n) is 6.50. The molecule has 0 saturated carbocycles. The normalized spacial score (nSPS) is 11.8. The molecule has 0 aliphatic carbocycles. The van der Waals surface area contributed by atoms with Crippen LogP contribution in [0.2, 0.25) is 0 Å². The van der Waals surface area contributed by atoms with Gasteiger partial charge in [0.15, 0.2) is 11.0 Å². The molecule has 0 N–H and O–H groups in total. The van der Waals surface area contributed by atoms with Crippen molar-refractivity contribution in [1.29, 1.82) is 10.5 Å². The molecule has 0 bridgehead atoms. The molecule has 0 amide bonds. The van der Waals surface area contributed by atoms with Crippen molar-refractivity contribution in [2.24, 2.45) is 13.0 Å². The highest BCUT2D eigenvalue weighted by molar-refractivity contribution is 7.99. The van der Waals surface area contributed by atoms with Gasteiger partial charge in [-0.15, -0.1) is 10.2 Å². The standard InChI is InChI=1S/C14H15N5OS/c1-10-12(5-7-20-10)13-17-18-14(19(13)2)21-9-11(8-16)4-3-6-15/h5,7,11H,3-4,9H2,1-2H3/t11-/m1/s1. The van der Waals surface area contributed by atoms with E-state index >= 15 is 0 Å². The maximum absolute atomic E-state index is 9.06. The van der Waals surface area contributed by atoms with Crippen molar-refractivity contribution in [2.45, 2.75) is 24.9 Å². The van der Waals surface area contributed by atoms with Crippen LogP contribution >= 0.6 is 11.8 Å². The van der Waals surface area contributed by atoms with Crippen molar-refractivity contribution in [3.63, 3.8) is 0 Å². The average Bonchev–Trinajstić information content (AvgIpc) is 3.05. The second-order valence-corrected chi connectivity index (χ2v) is 5.58. The molecular weight excluding hydrogens is 286 g/mol. The van der Waals surface area contributed by atoms with Crippen LogP contribution in [0.15, 0.2) is 21.9 Å². The average molecular weight is 301 g/mol. The monoisotopic (exact) mass is 301 g/mol. The maximum atomic E-state index is 9.06. The number of thioether (sulfide) groups is 1. The molecule has 21 heavy (non-hydrogen) atoms. The summed E-state index contributed by atoms with van der Waals surface area (Å²) in [6.45, 7) is 1.88. The number of aromatic nitrogens is 3. The molecule has 0 unspecified atom stereocenters. The van der Waals surface area contributed by atoms with Crippen molar-refractivity contribution in [3.8, 4) is 23.5 Å². The van der Waals surface area contributed by atoms with Gasteiger partial charge in [-0.3, -0.25) is 0 Å². The van der Waals surface area contributed by atoms with E-state index in [2.05, 4.69) is 22.3 Å². The highest BCUT2D eigenvalue weighted by Crippen LogP contribution is 2.27. The predicted octanol–water partition coefficient (Wildman–Crippen LogP) is 2.92. The van der Waals surface area contributed by atoms with Crippen molar-refractivity contribution in [1.82, 2.24) is 14.8 Å². The molecule has 2 aromatic heterocycles. The molecule has 108 valence electrons. The molecule has 0 aliphatic heterocycles. The largest absolute Gasteiger partial charge is 0.469 e. The van der Waals surface area contributed by atoms with Crippen LogP contribution in [-0.4, -0.2) is 20.5 Å². The van der Waals surface area contributed by atoms with Gasteiger partial charge in [0.05, 0.1) is 29.9 Å². The van der Waals surface area contributed by atoms with Crippen LogP contribution in [-0.2, 0) is 7.05 Å². The first-order chi connectivity index (χ1) is 10.2. The summed E-state index contributed by atoms with van der Waals surface area (Å²) in [5.74, 6) is 2.00. The number of rotatable bonds is 6. The second kappa shape index (κ2) is 6.96. The Kier molecular flexibility index (Phi) is 5.02. The van der Waals surface area contributed by atoms with Gasteiger partial charge >= 0.3 is 0 Å². The third-order valence-electron chi connectivity index (χ3n) is 3.14. The molecule has 0 saturated heterocycles. The Hall–Kier alpha value is -2.25. The Morgan fingerprint density at radius 2 is 2.24 bits per heavy atom. The van der Waals surface area contributed by atoms with Crippen molar-refractivity contribution >= 4 is 11.8 Å². The minimum absolute atomic E-state index is 0.148. The van der Waals surface area contributed by atoms with Gasteiger partial charge in [0.25, 0.3) is 0 Å². The molecule has 0 radical (unpaired) electrons. The lowest BCUT2D eigenvalue weighted by molar-refractivity contribution is 0.534. The topological polar surface area (TPSA) is 91.4 Å². The number of nitriles is 2. The van der Waals surface area contributed by atoms with Crippen molar-refractivity contribution in [3.05, 3.63) is 18.1 Å². The van der Waals surface area contributed by atoms with Gasteiger partial charge in [-0.1, -0.05) is 11.8 Å². The van der Waals surface area contributed by atoms with Gasteiger partial charge in [0.1, 0.15) is 5.76 Å². The summed E-state index contributed by atoms with van der Waals surface area (Å²) in [5.41, 5.74) is 0.915. The lowest BCUT2D eigenvalue weighted by Gasteiger charge is -2.06. The summed E-state index contributed by atoms with van der Waals surface area (Å²) < 4.78 is 7.17. The van der Waals surface area contributed by atoms with Gasteiger partial charge in [-0.05, 0) is 19.4 Å². The SMILES string of the molecule is Cc1occc1-c1nnc(SC[C@@H](C#N)CCC#N)n1C. The van der Waals surface area contributed by atoms with Gasteiger partial charge in [-0.25, -0.2) is 0 Å². The molecule has 0 aliphatic rings. The zero-order valence-corrected chi connectivity index (χ0v) is 12.7. The van der Waals surface area contributed by atoms with E-state index in [1.165, 1.54) is 11.8 Å². The zero-order valence-electron chi connectivity index (χ0n) is 11.9. The van der Waals surface area contributed by atoms with Crippen LogP contribution in [0.1, 0.15) is 18.6 Å². The summed E-state index contributed by atoms with van der Waals surface area (Å²) in [5, 5.41) is 26.7. The second-order valence-electron chi connectivity index (χ2n) is 4.59. The van der Waals surface area contributed by atoms with Crippen LogP contribution in [0.4, 0.5) is 0 Å². The first kappa shape index (κ1) is 15.1. The Morgan fingerprint density at radius 3 is 2.86 bits per heavy atom. The summed E-state index contributed by atoms with van der Waals surface area (Å²) >= 11 is 1.48. The third kappa shape index (κ3) is 3.45. The van der Waals surface area contributed by atoms with E-state index in [4.69, 9.17) is 14.9 Å². The van der Waals surface area contributed by atoms with E-state index in [1.807, 2.05) is 24.6 Å². The molecular formula is C14H15N5OS. The van der Waals surface area contributed by atoms with E-state index < -0.39 is 0 Å². The molecule has 6 nitrogen and oxygen atoms in total. The fourth-order valence-electron chi connectivity index (χ4n) is 1.89. The minimum atomic E-state index is -0.148. The van der Waals surface area contributed by atoms with Crippen LogP contribution in [0, 0.1) is 35.5 Å². The van der Waals surface area contributed by atoms with E-state index in [0.717, 1.165) is 22.3 Å². The van der Waals surface area contributed by atoms with Crippen LogP contribution in [0.25, 0.3) is 11.4 Å². The number of aryl methyl sites for hydroxylation is 1. The van der Waals surface area contributed by atoms with E-state index in [1.54, 1.807) is 6.26 Å². The molecule has 7 heteroatoms. The summed E-state index contributed by atoms with van der Waals surface area (Å²) in [7, 11) is 1.89. The Balaban J connectivity index is 2.06. The van der Waals surface area contributed by atoms with Gasteiger partial charge in [0.2, 0.25) is 0 Å². The van der Waals surface area contributed by atoms with Gasteiger partial charge < -0.3 is 8.98 Å². The fraction of sp³-hybridized carbons (Fsp3) is 0.429. The summed E-state index contributed by atoms with van der Waals surface area (Å²) in [4.78, 5) is 0. The van der Waals surface area contributed by atoms with Crippen LogP contribution in [0.3, 0.4) is 0 Å². The molecule has 2 heterocycles. The van der Waals surface area contributed by atoms with Crippen molar-refractivity contribution in [2.75, 3.05) is 5.75 Å². The first-order valence-corrected chi connectivity index (χ1v) is 7.49. The highest BCUT2D eigenvalue weighted by Gasteiger charge is 2.16. The summed E-state index contributed by atoms with van der Waals surface area (Å²) in [6, 6.07) is 6.15. The maximum Gasteiger partial charge on any atom is 0.191 e. The third-order valence-corrected chi connectivity index (χ3v) is 4.32. The molecule has 2 rings (SSSR count). The number of furan rings is 1. The Bertz CT molecular complexity index is 691. The number of hydrogen-bond acceptors (Lipinski definition) is 6. The van der Waals surface area contributed by atoms with Crippen molar-refractivity contribution < 1.29 is 4.42 Å². The number of hydrogen-bond donors (Lipinski definition) is 0. The van der Waals surface area contributed by atoms with Crippen LogP contribution in [0.5, 0.6) is 0 Å². The zero-order chi connectivity index (χ0) is 15.2. The summed E-state index contributed by atoms with van der Waals surface area (Å²) in [6.07, 6.45) is 2.61. The number of nitrogens with zero attached hydrogens (tertiary/aromatic N) is 5. The lowest BCUT2D eigenvalue weighted by atomic mass is 10.1. The molecule has 0 spiro atoms. The molecule has 1 atom stereocenters. The minimum Gasteiger partial charge on any atom is -0.469 e. The fourth-order valence-corrected chi connectivity index (χ4v) is 2.86. The predicted molar refractivity (Wildman–Crippen MR) is 78.1 cm³/mol. The smallest absolute Gasteiger partial charge is 0.191 e. The quantitative estimate of drug-likeness (QED) is 0.762. The molecule has 2 aromatic rings. The highest BCUT2D eigenvalue weighted by atomic mass is 32.2. The Morgan fingerprint density at radius 1 is 1.43 bits per heavy atom.